The van der Waals surface area contributed by atoms with Gasteiger partial charge in [-0.15, -0.1) is 11.3 Å². The number of hydrogen-bond acceptors (Lipinski definition) is 6. The summed E-state index contributed by atoms with van der Waals surface area (Å²) >= 11 is 3.15. The van der Waals surface area contributed by atoms with E-state index in [-0.39, 0.29) is 18.1 Å². The topological polar surface area (TPSA) is 45.7 Å². The van der Waals surface area contributed by atoms with Crippen LogP contribution in [0.25, 0.3) is 9.53 Å². The lowest BCUT2D eigenvalue weighted by Gasteiger charge is -2.37. The van der Waals surface area contributed by atoms with Crippen LogP contribution in [0, 0.1) is 0 Å². The van der Waals surface area contributed by atoms with Gasteiger partial charge in [0.15, 0.2) is 5.13 Å². The number of rotatable bonds is 2. The van der Waals surface area contributed by atoms with Crippen molar-refractivity contribution in [3.8, 4) is 0 Å². The van der Waals surface area contributed by atoms with Gasteiger partial charge >= 0.3 is 0 Å². The molecule has 3 heterocycles. The average Bonchev–Trinajstić information content (AvgIpc) is 3.18. The number of morpholine rings is 1. The van der Waals surface area contributed by atoms with E-state index in [0.717, 1.165) is 38.8 Å². The maximum Gasteiger partial charge on any atom is 0.264 e. The zero-order valence-electron chi connectivity index (χ0n) is 12.7. The molecule has 118 valence electrons. The Balaban J connectivity index is 1.60. The van der Waals surface area contributed by atoms with Crippen molar-refractivity contribution in [2.45, 2.75) is 31.4 Å². The number of fused-ring (bicyclic) bond motifs is 2. The number of carbonyl (C=O) groups excluding carboxylic acids is 1. The van der Waals surface area contributed by atoms with E-state index in [4.69, 9.17) is 4.74 Å². The number of hydrogen-bond donors (Lipinski definition) is 0. The number of anilines is 1. The maximum atomic E-state index is 12.9. The van der Waals surface area contributed by atoms with Gasteiger partial charge in [0.25, 0.3) is 5.91 Å². The third-order valence-corrected chi connectivity index (χ3v) is 6.73. The van der Waals surface area contributed by atoms with E-state index >= 15 is 0 Å². The van der Waals surface area contributed by atoms with E-state index in [1.807, 2.05) is 30.0 Å². The Hall–Kier alpha value is -1.18. The summed E-state index contributed by atoms with van der Waals surface area (Å²) in [5.74, 6) is 0.154. The molecule has 2 aliphatic rings. The lowest BCUT2D eigenvalue weighted by molar-refractivity contribution is -0.0443. The van der Waals surface area contributed by atoms with Crippen molar-refractivity contribution in [3.63, 3.8) is 0 Å². The standard InChI is InChI=1S/C15H19N3O2S2/c1-17(2)15-16-13-11(22-15)8-12(21-13)14(19)18-6-7-20-10-5-3-4-9(10)18/h8-10H,3-7H2,1-2H3/t9-,10-/m0/s1. The quantitative estimate of drug-likeness (QED) is 0.845. The van der Waals surface area contributed by atoms with Crippen LogP contribution in [-0.4, -0.2) is 55.2 Å². The third kappa shape index (κ3) is 2.31. The Morgan fingerprint density at radius 2 is 2.27 bits per heavy atom. The van der Waals surface area contributed by atoms with E-state index in [1.165, 1.54) is 11.3 Å². The first-order valence-corrected chi connectivity index (χ1v) is 9.27. The maximum absolute atomic E-state index is 12.9. The van der Waals surface area contributed by atoms with Gasteiger partial charge in [0.05, 0.1) is 28.3 Å². The second-order valence-corrected chi connectivity index (χ2v) is 8.12. The highest BCUT2D eigenvalue weighted by Crippen LogP contribution is 2.36. The Labute approximate surface area is 137 Å². The van der Waals surface area contributed by atoms with Crippen molar-refractivity contribution in [2.75, 3.05) is 32.1 Å². The van der Waals surface area contributed by atoms with Crippen LogP contribution in [0.1, 0.15) is 28.9 Å². The Morgan fingerprint density at radius 1 is 1.41 bits per heavy atom. The number of nitrogens with zero attached hydrogens (tertiary/aromatic N) is 3. The van der Waals surface area contributed by atoms with E-state index in [1.54, 1.807) is 11.3 Å². The summed E-state index contributed by atoms with van der Waals surface area (Å²) in [5, 5.41) is 0.988. The molecule has 0 radical (unpaired) electrons. The molecule has 1 amide bonds. The SMILES string of the molecule is CN(C)c1nc2sc(C(=O)N3CCO[C@H]4CCC[C@@H]43)cc2s1. The molecule has 1 aliphatic carbocycles. The van der Waals surface area contributed by atoms with Crippen LogP contribution in [-0.2, 0) is 4.74 Å². The van der Waals surface area contributed by atoms with Crippen molar-refractivity contribution >= 4 is 43.2 Å². The first-order chi connectivity index (χ1) is 10.6. The molecule has 2 atom stereocenters. The molecular formula is C15H19N3O2S2. The van der Waals surface area contributed by atoms with Crippen LogP contribution < -0.4 is 4.90 Å². The van der Waals surface area contributed by atoms with Crippen LogP contribution in [0.3, 0.4) is 0 Å². The zero-order valence-corrected chi connectivity index (χ0v) is 14.4. The van der Waals surface area contributed by atoms with Crippen LogP contribution in [0.2, 0.25) is 0 Å². The van der Waals surface area contributed by atoms with Gasteiger partial charge in [-0.2, -0.15) is 0 Å². The van der Waals surface area contributed by atoms with Gasteiger partial charge < -0.3 is 14.5 Å². The summed E-state index contributed by atoms with van der Waals surface area (Å²) in [5.41, 5.74) is 0. The van der Waals surface area contributed by atoms with Crippen molar-refractivity contribution in [3.05, 3.63) is 10.9 Å². The summed E-state index contributed by atoms with van der Waals surface area (Å²) < 4.78 is 6.90. The first-order valence-electron chi connectivity index (χ1n) is 7.64. The lowest BCUT2D eigenvalue weighted by atomic mass is 10.1. The second kappa shape index (κ2) is 5.47. The van der Waals surface area contributed by atoms with Gasteiger partial charge in [-0.3, -0.25) is 4.79 Å². The van der Waals surface area contributed by atoms with Gasteiger partial charge in [-0.1, -0.05) is 11.3 Å². The molecule has 0 N–H and O–H groups in total. The Kier molecular flexibility index (Phi) is 3.58. The minimum Gasteiger partial charge on any atom is -0.374 e. The molecule has 0 aromatic carbocycles. The van der Waals surface area contributed by atoms with E-state index in [9.17, 15) is 4.79 Å². The molecule has 1 aliphatic heterocycles. The number of aromatic nitrogens is 1. The molecular weight excluding hydrogens is 318 g/mol. The fourth-order valence-corrected chi connectivity index (χ4v) is 5.43. The van der Waals surface area contributed by atoms with E-state index < -0.39 is 0 Å². The summed E-state index contributed by atoms with van der Waals surface area (Å²) in [6.45, 7) is 1.37. The van der Waals surface area contributed by atoms with Gasteiger partial charge in [-0.25, -0.2) is 4.98 Å². The fourth-order valence-electron chi connectivity index (χ4n) is 3.34. The minimum absolute atomic E-state index is 0.154. The number of thiazole rings is 1. The normalized spacial score (nSPS) is 24.7. The smallest absolute Gasteiger partial charge is 0.264 e. The predicted molar refractivity (Wildman–Crippen MR) is 90.2 cm³/mol. The zero-order chi connectivity index (χ0) is 15.3. The minimum atomic E-state index is 0.154. The summed E-state index contributed by atoms with van der Waals surface area (Å²) in [6, 6.07) is 2.28. The molecule has 2 aromatic rings. The summed E-state index contributed by atoms with van der Waals surface area (Å²) in [6.07, 6.45) is 3.56. The molecule has 4 rings (SSSR count). The highest BCUT2D eigenvalue weighted by atomic mass is 32.1. The largest absolute Gasteiger partial charge is 0.374 e. The number of amides is 1. The van der Waals surface area contributed by atoms with Crippen molar-refractivity contribution < 1.29 is 9.53 Å². The molecule has 1 saturated carbocycles. The molecule has 7 heteroatoms. The van der Waals surface area contributed by atoms with E-state index in [2.05, 4.69) is 4.98 Å². The monoisotopic (exact) mass is 337 g/mol. The van der Waals surface area contributed by atoms with Gasteiger partial charge in [0.1, 0.15) is 4.83 Å². The average molecular weight is 337 g/mol. The molecule has 2 fully saturated rings. The molecule has 2 aromatic heterocycles. The van der Waals surface area contributed by atoms with Crippen molar-refractivity contribution in [2.24, 2.45) is 0 Å². The highest BCUT2D eigenvalue weighted by molar-refractivity contribution is 7.29. The first kappa shape index (κ1) is 14.4. The molecule has 1 saturated heterocycles. The van der Waals surface area contributed by atoms with Gasteiger partial charge in [0.2, 0.25) is 0 Å². The third-order valence-electron chi connectivity index (χ3n) is 4.41. The van der Waals surface area contributed by atoms with Crippen LogP contribution in [0.5, 0.6) is 0 Å². The molecule has 5 nitrogen and oxygen atoms in total. The highest BCUT2D eigenvalue weighted by Gasteiger charge is 2.39. The van der Waals surface area contributed by atoms with E-state index in [0.29, 0.717) is 13.2 Å². The van der Waals surface area contributed by atoms with Crippen molar-refractivity contribution in [1.29, 1.82) is 0 Å². The number of carbonyl (C=O) groups is 1. The van der Waals surface area contributed by atoms with Crippen LogP contribution in [0.4, 0.5) is 5.13 Å². The predicted octanol–water partition coefficient (Wildman–Crippen LogP) is 2.82. The molecule has 22 heavy (non-hydrogen) atoms. The molecule has 0 spiro atoms. The van der Waals surface area contributed by atoms with Gasteiger partial charge in [-0.05, 0) is 25.3 Å². The Bertz CT molecular complexity index is 677. The number of thiophene rings is 1. The lowest BCUT2D eigenvalue weighted by Crippen LogP contribution is -2.51. The summed E-state index contributed by atoms with van der Waals surface area (Å²) in [4.78, 5) is 23.3. The summed E-state index contributed by atoms with van der Waals surface area (Å²) in [7, 11) is 3.98. The van der Waals surface area contributed by atoms with Gasteiger partial charge in [0, 0.05) is 20.6 Å². The Morgan fingerprint density at radius 3 is 3.05 bits per heavy atom. The molecule has 0 unspecified atom stereocenters. The second-order valence-electron chi connectivity index (χ2n) is 6.08. The van der Waals surface area contributed by atoms with Crippen molar-refractivity contribution in [1.82, 2.24) is 9.88 Å². The fraction of sp³-hybridized carbons (Fsp3) is 0.600. The van der Waals surface area contributed by atoms with Crippen LogP contribution >= 0.6 is 22.7 Å². The number of ether oxygens (including phenoxy) is 1. The molecule has 0 bridgehead atoms. The van der Waals surface area contributed by atoms with Crippen LogP contribution in [0.15, 0.2) is 6.07 Å².